The van der Waals surface area contributed by atoms with Crippen LogP contribution in [0.4, 0.5) is 0 Å². The lowest BCUT2D eigenvalue weighted by Gasteiger charge is -2.14. The molecule has 0 radical (unpaired) electrons. The summed E-state index contributed by atoms with van der Waals surface area (Å²) in [6.45, 7) is 2.51. The van der Waals surface area contributed by atoms with Gasteiger partial charge in [-0.2, -0.15) is 0 Å². The molecule has 0 aliphatic heterocycles. The van der Waals surface area contributed by atoms with Crippen LogP contribution in [0.25, 0.3) is 11.3 Å². The van der Waals surface area contributed by atoms with Gasteiger partial charge in [0.2, 0.25) is 5.76 Å². The monoisotopic (exact) mass is 307 g/mol. The van der Waals surface area contributed by atoms with Crippen molar-refractivity contribution in [1.82, 2.24) is 15.0 Å². The Bertz CT molecular complexity index is 795. The highest BCUT2D eigenvalue weighted by Crippen LogP contribution is 2.20. The second-order valence-electron chi connectivity index (χ2n) is 5.46. The first-order valence-electron chi connectivity index (χ1n) is 7.31. The van der Waals surface area contributed by atoms with Crippen LogP contribution in [0.15, 0.2) is 59.4 Å². The van der Waals surface area contributed by atoms with Crippen molar-refractivity contribution in [1.29, 1.82) is 0 Å². The first-order valence-corrected chi connectivity index (χ1v) is 7.31. The molecule has 0 N–H and O–H groups in total. The third kappa shape index (κ3) is 3.45. The number of aromatic nitrogens is 2. The predicted octanol–water partition coefficient (Wildman–Crippen LogP) is 3.32. The van der Waals surface area contributed by atoms with Gasteiger partial charge in [0.15, 0.2) is 0 Å². The summed E-state index contributed by atoms with van der Waals surface area (Å²) in [7, 11) is 1.73. The Morgan fingerprint density at radius 1 is 1.13 bits per heavy atom. The van der Waals surface area contributed by atoms with Gasteiger partial charge < -0.3 is 9.42 Å². The topological polar surface area (TPSA) is 59.2 Å². The third-order valence-electron chi connectivity index (χ3n) is 3.58. The number of benzene rings is 1. The lowest BCUT2D eigenvalue weighted by molar-refractivity contribution is 0.0743. The zero-order valence-electron chi connectivity index (χ0n) is 13.1. The summed E-state index contributed by atoms with van der Waals surface area (Å²) in [4.78, 5) is 18.0. The van der Waals surface area contributed by atoms with E-state index in [1.165, 1.54) is 5.56 Å². The van der Waals surface area contributed by atoms with Crippen LogP contribution in [0.3, 0.4) is 0 Å². The summed E-state index contributed by atoms with van der Waals surface area (Å²) >= 11 is 0. The van der Waals surface area contributed by atoms with Crippen molar-refractivity contribution < 1.29 is 9.32 Å². The van der Waals surface area contributed by atoms with Gasteiger partial charge in [-0.1, -0.05) is 35.0 Å². The van der Waals surface area contributed by atoms with Crippen molar-refractivity contribution >= 4 is 5.91 Å². The van der Waals surface area contributed by atoms with Crippen LogP contribution in [0.2, 0.25) is 0 Å². The minimum absolute atomic E-state index is 0.201. The van der Waals surface area contributed by atoms with Crippen LogP contribution in [0.5, 0.6) is 0 Å². The van der Waals surface area contributed by atoms with Crippen LogP contribution in [-0.2, 0) is 6.54 Å². The fourth-order valence-electron chi connectivity index (χ4n) is 2.26. The van der Waals surface area contributed by atoms with Gasteiger partial charge in [-0.3, -0.25) is 9.78 Å². The number of nitrogens with zero attached hydrogens (tertiary/aromatic N) is 3. The maximum absolute atomic E-state index is 12.4. The molecule has 0 saturated carbocycles. The third-order valence-corrected chi connectivity index (χ3v) is 3.58. The van der Waals surface area contributed by atoms with E-state index in [0.29, 0.717) is 12.2 Å². The van der Waals surface area contributed by atoms with Crippen molar-refractivity contribution in [3.63, 3.8) is 0 Å². The summed E-state index contributed by atoms with van der Waals surface area (Å²) in [6.07, 6.45) is 3.41. The van der Waals surface area contributed by atoms with Crippen LogP contribution < -0.4 is 0 Å². The zero-order chi connectivity index (χ0) is 16.2. The van der Waals surface area contributed by atoms with Gasteiger partial charge >= 0.3 is 0 Å². The average Bonchev–Trinajstić information content (AvgIpc) is 3.05. The van der Waals surface area contributed by atoms with Crippen molar-refractivity contribution in [2.75, 3.05) is 7.05 Å². The van der Waals surface area contributed by atoms with Crippen molar-refractivity contribution in [2.24, 2.45) is 0 Å². The molecule has 3 rings (SSSR count). The van der Waals surface area contributed by atoms with E-state index in [9.17, 15) is 4.79 Å². The summed E-state index contributed by atoms with van der Waals surface area (Å²) in [5, 5.41) is 3.99. The highest BCUT2D eigenvalue weighted by Gasteiger charge is 2.18. The minimum atomic E-state index is -0.201. The quantitative estimate of drug-likeness (QED) is 0.742. The van der Waals surface area contributed by atoms with E-state index in [1.54, 1.807) is 30.4 Å². The molecular weight excluding hydrogens is 290 g/mol. The van der Waals surface area contributed by atoms with E-state index in [4.69, 9.17) is 4.52 Å². The fraction of sp³-hybridized carbons (Fsp3) is 0.167. The van der Waals surface area contributed by atoms with E-state index < -0.39 is 0 Å². The van der Waals surface area contributed by atoms with Crippen LogP contribution >= 0.6 is 0 Å². The molecule has 1 amide bonds. The van der Waals surface area contributed by atoms with Crippen molar-refractivity contribution in [2.45, 2.75) is 13.5 Å². The maximum atomic E-state index is 12.4. The number of hydrogen-bond donors (Lipinski definition) is 0. The van der Waals surface area contributed by atoms with E-state index in [0.717, 1.165) is 11.1 Å². The van der Waals surface area contributed by atoms with Gasteiger partial charge in [0.1, 0.15) is 5.69 Å². The fourth-order valence-corrected chi connectivity index (χ4v) is 2.26. The summed E-state index contributed by atoms with van der Waals surface area (Å²) in [6, 6.07) is 13.4. The Balaban J connectivity index is 1.74. The normalized spacial score (nSPS) is 10.5. The van der Waals surface area contributed by atoms with E-state index in [-0.39, 0.29) is 11.7 Å². The highest BCUT2D eigenvalue weighted by molar-refractivity contribution is 5.92. The predicted molar refractivity (Wildman–Crippen MR) is 86.7 cm³/mol. The van der Waals surface area contributed by atoms with Crippen molar-refractivity contribution in [3.05, 3.63) is 71.7 Å². The first-order chi connectivity index (χ1) is 11.1. The number of carbonyl (C=O) groups excluding carboxylic acids is 1. The molecule has 1 aromatic carbocycles. The molecule has 23 heavy (non-hydrogen) atoms. The molecule has 0 fully saturated rings. The lowest BCUT2D eigenvalue weighted by Crippen LogP contribution is -2.25. The molecule has 2 aromatic heterocycles. The molecule has 116 valence electrons. The average molecular weight is 307 g/mol. The molecule has 5 heteroatoms. The molecule has 0 spiro atoms. The number of aryl methyl sites for hydroxylation is 1. The van der Waals surface area contributed by atoms with Crippen LogP contribution in [0, 0.1) is 6.92 Å². The minimum Gasteiger partial charge on any atom is -0.350 e. The molecule has 3 aromatic rings. The number of amides is 1. The molecule has 0 saturated heterocycles. The lowest BCUT2D eigenvalue weighted by atomic mass is 10.1. The molecule has 0 unspecified atom stereocenters. The van der Waals surface area contributed by atoms with Crippen LogP contribution in [-0.4, -0.2) is 28.0 Å². The van der Waals surface area contributed by atoms with E-state index >= 15 is 0 Å². The molecule has 0 aliphatic carbocycles. The Hall–Kier alpha value is -2.95. The van der Waals surface area contributed by atoms with Gasteiger partial charge in [-0.25, -0.2) is 0 Å². The Morgan fingerprint density at radius 2 is 1.83 bits per heavy atom. The summed E-state index contributed by atoms with van der Waals surface area (Å²) in [5.41, 5.74) is 3.76. The number of carbonyl (C=O) groups is 1. The second-order valence-corrected chi connectivity index (χ2v) is 5.46. The largest absolute Gasteiger partial charge is 0.350 e. The SMILES string of the molecule is Cc1ccc(-c2cc(C(=O)N(C)Cc3ccncc3)on2)cc1. The first kappa shape index (κ1) is 15.0. The molecule has 5 nitrogen and oxygen atoms in total. The molecule has 0 aliphatic rings. The zero-order valence-corrected chi connectivity index (χ0v) is 13.1. The Labute approximate surface area is 134 Å². The molecule has 0 bridgehead atoms. The van der Waals surface area contributed by atoms with Gasteiger partial charge in [0, 0.05) is 37.6 Å². The molecular formula is C18H17N3O2. The Kier molecular flexibility index (Phi) is 4.19. The standard InChI is InChI=1S/C18H17N3O2/c1-13-3-5-15(6-4-13)16-11-17(23-20-16)18(22)21(2)12-14-7-9-19-10-8-14/h3-11H,12H2,1-2H3. The van der Waals surface area contributed by atoms with Gasteiger partial charge in [-0.05, 0) is 24.6 Å². The van der Waals surface area contributed by atoms with E-state index in [2.05, 4.69) is 10.1 Å². The van der Waals surface area contributed by atoms with Gasteiger partial charge in [0.25, 0.3) is 5.91 Å². The van der Waals surface area contributed by atoms with Gasteiger partial charge in [0.05, 0.1) is 0 Å². The van der Waals surface area contributed by atoms with E-state index in [1.807, 2.05) is 43.3 Å². The second kappa shape index (κ2) is 6.44. The summed E-state index contributed by atoms with van der Waals surface area (Å²) in [5.74, 6) is 0.0322. The molecule has 0 atom stereocenters. The smallest absolute Gasteiger partial charge is 0.292 e. The maximum Gasteiger partial charge on any atom is 0.292 e. The Morgan fingerprint density at radius 3 is 2.52 bits per heavy atom. The number of pyridine rings is 1. The van der Waals surface area contributed by atoms with Crippen LogP contribution in [0.1, 0.15) is 21.7 Å². The number of hydrogen-bond acceptors (Lipinski definition) is 4. The molecule has 2 heterocycles. The van der Waals surface area contributed by atoms with Crippen molar-refractivity contribution in [3.8, 4) is 11.3 Å². The number of rotatable bonds is 4. The highest BCUT2D eigenvalue weighted by atomic mass is 16.5. The van der Waals surface area contributed by atoms with Gasteiger partial charge in [-0.15, -0.1) is 0 Å². The summed E-state index contributed by atoms with van der Waals surface area (Å²) < 4.78 is 5.22.